The van der Waals surface area contributed by atoms with Crippen LogP contribution in [0.5, 0.6) is 0 Å². The van der Waals surface area contributed by atoms with Crippen LogP contribution in [0, 0.1) is 11.7 Å². The lowest BCUT2D eigenvalue weighted by Crippen LogP contribution is -2.53. The third-order valence-electron chi connectivity index (χ3n) is 11.5. The van der Waals surface area contributed by atoms with Crippen molar-refractivity contribution >= 4 is 29.0 Å². The fraction of sp³-hybridized carbons (Fsp3) is 0.585. The van der Waals surface area contributed by atoms with Gasteiger partial charge in [0.25, 0.3) is 11.5 Å². The standard InChI is InChI=1S/C33H39FN6O5.C8H16/c34-29-6-5-23(20-30-26-3-1-2-4-27(26)32(43)36-35-30)19-28(29)33(44)40-17-15-39(16-18-40)31(42)21-37-11-7-24(8-12-37)45-25-9-13-38(22-41)14-10-25;1-2-8-6-4-3-5-7-8/h1-6,19,22,24-25H,7-18,20-21H2,(H,36,43);8H,2-7H2,1H3. The van der Waals surface area contributed by atoms with Crippen molar-refractivity contribution in [1.82, 2.24) is 29.8 Å². The van der Waals surface area contributed by atoms with Gasteiger partial charge in [0, 0.05) is 64.2 Å². The lowest BCUT2D eigenvalue weighted by atomic mass is 9.88. The Morgan fingerprint density at radius 3 is 2.13 bits per heavy atom. The minimum Gasteiger partial charge on any atom is -0.375 e. The first kappa shape index (κ1) is 38.6. The number of nitrogens with zero attached hydrogens (tertiary/aromatic N) is 5. The molecule has 1 aliphatic carbocycles. The molecule has 3 saturated heterocycles. The number of piperazine rings is 1. The number of hydrogen-bond acceptors (Lipinski definition) is 7. The Morgan fingerprint density at radius 1 is 0.849 bits per heavy atom. The molecule has 0 bridgehead atoms. The number of amides is 3. The van der Waals surface area contributed by atoms with Gasteiger partial charge >= 0.3 is 0 Å². The molecule has 2 aromatic carbocycles. The van der Waals surface area contributed by atoms with Crippen molar-refractivity contribution in [2.45, 2.75) is 89.8 Å². The van der Waals surface area contributed by atoms with Crippen molar-refractivity contribution in [3.8, 4) is 0 Å². The zero-order valence-electron chi connectivity index (χ0n) is 31.1. The zero-order valence-corrected chi connectivity index (χ0v) is 31.1. The Labute approximate surface area is 311 Å². The number of likely N-dealkylation sites (tertiary alicyclic amines) is 2. The molecule has 12 heteroatoms. The van der Waals surface area contributed by atoms with Crippen molar-refractivity contribution in [2.24, 2.45) is 5.92 Å². The van der Waals surface area contributed by atoms with Gasteiger partial charge in [-0.2, -0.15) is 5.10 Å². The van der Waals surface area contributed by atoms with Gasteiger partial charge in [-0.1, -0.05) is 69.7 Å². The van der Waals surface area contributed by atoms with E-state index in [1.54, 1.807) is 39.0 Å². The highest BCUT2D eigenvalue weighted by Gasteiger charge is 2.30. The summed E-state index contributed by atoms with van der Waals surface area (Å²) in [6, 6.07) is 11.6. The molecule has 7 rings (SSSR count). The summed E-state index contributed by atoms with van der Waals surface area (Å²) < 4.78 is 21.2. The van der Waals surface area contributed by atoms with E-state index in [0.29, 0.717) is 61.2 Å². The lowest BCUT2D eigenvalue weighted by molar-refractivity contribution is -0.135. The fourth-order valence-electron chi connectivity index (χ4n) is 8.15. The van der Waals surface area contributed by atoms with E-state index in [9.17, 15) is 23.6 Å². The molecule has 4 heterocycles. The number of hydrogen-bond donors (Lipinski definition) is 1. The van der Waals surface area contributed by atoms with Gasteiger partial charge < -0.3 is 19.4 Å². The van der Waals surface area contributed by atoms with E-state index in [1.165, 1.54) is 44.6 Å². The molecule has 286 valence electrons. The van der Waals surface area contributed by atoms with Gasteiger partial charge in [0.2, 0.25) is 12.3 Å². The van der Waals surface area contributed by atoms with Crippen molar-refractivity contribution in [2.75, 3.05) is 58.9 Å². The molecule has 0 spiro atoms. The van der Waals surface area contributed by atoms with Crippen LogP contribution in [0.2, 0.25) is 0 Å². The summed E-state index contributed by atoms with van der Waals surface area (Å²) in [5.74, 6) is 0.125. The Bertz CT molecular complexity index is 1740. The molecule has 3 amide bonds. The third kappa shape index (κ3) is 10.3. The predicted octanol–water partition coefficient (Wildman–Crippen LogP) is 5.02. The second-order valence-electron chi connectivity index (χ2n) is 15.1. The first-order valence-electron chi connectivity index (χ1n) is 19.7. The lowest BCUT2D eigenvalue weighted by Gasteiger charge is -2.38. The molecular weight excluding hydrogens is 675 g/mol. The van der Waals surface area contributed by atoms with Crippen LogP contribution in [0.25, 0.3) is 10.8 Å². The summed E-state index contributed by atoms with van der Waals surface area (Å²) in [6.45, 7) is 7.20. The van der Waals surface area contributed by atoms with E-state index in [2.05, 4.69) is 22.0 Å². The van der Waals surface area contributed by atoms with Crippen molar-refractivity contribution in [3.05, 3.63) is 75.5 Å². The van der Waals surface area contributed by atoms with Crippen LogP contribution in [0.1, 0.15) is 92.7 Å². The summed E-state index contributed by atoms with van der Waals surface area (Å²) in [5, 5.41) is 7.96. The average molecular weight is 731 g/mol. The predicted molar refractivity (Wildman–Crippen MR) is 202 cm³/mol. The van der Waals surface area contributed by atoms with Crippen molar-refractivity contribution in [1.29, 1.82) is 0 Å². The molecule has 3 aliphatic heterocycles. The molecule has 0 radical (unpaired) electrons. The number of halogens is 1. The maximum absolute atomic E-state index is 14.9. The largest absolute Gasteiger partial charge is 0.375 e. The van der Waals surface area contributed by atoms with Gasteiger partial charge in [0.05, 0.1) is 35.4 Å². The molecule has 1 aromatic heterocycles. The van der Waals surface area contributed by atoms with Gasteiger partial charge in [-0.3, -0.25) is 24.1 Å². The first-order chi connectivity index (χ1) is 25.8. The zero-order chi connectivity index (χ0) is 37.2. The summed E-state index contributed by atoms with van der Waals surface area (Å²) in [5.41, 5.74) is 1.05. The van der Waals surface area contributed by atoms with Gasteiger partial charge in [-0.25, -0.2) is 9.49 Å². The quantitative estimate of drug-likeness (QED) is 0.308. The second kappa shape index (κ2) is 18.7. The number of piperidine rings is 2. The topological polar surface area (TPSA) is 119 Å². The summed E-state index contributed by atoms with van der Waals surface area (Å²) in [7, 11) is 0. The first-order valence-corrected chi connectivity index (χ1v) is 19.7. The highest BCUT2D eigenvalue weighted by atomic mass is 19.1. The molecule has 3 aromatic rings. The summed E-state index contributed by atoms with van der Waals surface area (Å²) >= 11 is 0. The van der Waals surface area contributed by atoms with E-state index in [0.717, 1.165) is 64.2 Å². The highest BCUT2D eigenvalue weighted by molar-refractivity contribution is 5.95. The molecular formula is C41H55FN6O5. The summed E-state index contributed by atoms with van der Waals surface area (Å²) in [6.07, 6.45) is 14.0. The Morgan fingerprint density at radius 2 is 1.49 bits per heavy atom. The molecule has 4 aliphatic rings. The van der Waals surface area contributed by atoms with Gasteiger partial charge in [0.1, 0.15) is 5.82 Å². The monoisotopic (exact) mass is 730 g/mol. The van der Waals surface area contributed by atoms with Crippen molar-refractivity contribution < 1.29 is 23.5 Å². The van der Waals surface area contributed by atoms with Gasteiger partial charge in [-0.05, 0) is 55.4 Å². The number of ether oxygens (including phenoxy) is 1. The smallest absolute Gasteiger partial charge is 0.272 e. The minimum atomic E-state index is -0.597. The van der Waals surface area contributed by atoms with E-state index in [1.807, 2.05) is 12.1 Å². The summed E-state index contributed by atoms with van der Waals surface area (Å²) in [4.78, 5) is 56.8. The number of fused-ring (bicyclic) bond motifs is 1. The van der Waals surface area contributed by atoms with Crippen molar-refractivity contribution in [3.63, 3.8) is 0 Å². The number of H-pyrrole nitrogens is 1. The maximum atomic E-state index is 14.9. The molecule has 0 unspecified atom stereocenters. The van der Waals surface area contributed by atoms with Crippen LogP contribution in [-0.2, 0) is 20.7 Å². The van der Waals surface area contributed by atoms with Crippen LogP contribution in [0.4, 0.5) is 4.39 Å². The molecule has 1 saturated carbocycles. The number of carbonyl (C=O) groups is 3. The second-order valence-corrected chi connectivity index (χ2v) is 15.1. The Kier molecular flexibility index (Phi) is 13.6. The van der Waals surface area contributed by atoms with Crippen LogP contribution in [0.15, 0.2) is 47.3 Å². The van der Waals surface area contributed by atoms with Crippen LogP contribution in [-0.4, -0.2) is 119 Å². The van der Waals surface area contributed by atoms with E-state index < -0.39 is 11.7 Å². The van der Waals surface area contributed by atoms with Crippen LogP contribution < -0.4 is 5.56 Å². The highest BCUT2D eigenvalue weighted by Crippen LogP contribution is 2.26. The molecule has 4 fully saturated rings. The minimum absolute atomic E-state index is 0.0135. The molecule has 0 atom stereocenters. The van der Waals surface area contributed by atoms with E-state index in [-0.39, 0.29) is 29.2 Å². The Balaban J connectivity index is 0.000000533. The van der Waals surface area contributed by atoms with E-state index >= 15 is 0 Å². The molecule has 11 nitrogen and oxygen atoms in total. The van der Waals surface area contributed by atoms with Gasteiger partial charge in [0.15, 0.2) is 0 Å². The SMILES string of the molecule is CCC1CCCCC1.O=CN1CCC(OC2CCN(CC(=O)N3CCN(C(=O)c4cc(Cc5n[nH]c(=O)c6ccccc56)ccc4F)CC3)CC2)CC1. The average Bonchev–Trinajstić information content (AvgIpc) is 3.21. The van der Waals surface area contributed by atoms with Crippen LogP contribution >= 0.6 is 0 Å². The van der Waals surface area contributed by atoms with Gasteiger partial charge in [-0.15, -0.1) is 0 Å². The maximum Gasteiger partial charge on any atom is 0.272 e. The number of nitrogens with one attached hydrogen (secondary N) is 1. The number of aromatic nitrogens is 2. The third-order valence-corrected chi connectivity index (χ3v) is 11.5. The normalized spacial score (nSPS) is 19.5. The number of aromatic amines is 1. The van der Waals surface area contributed by atoms with Crippen LogP contribution in [0.3, 0.4) is 0 Å². The molecule has 1 N–H and O–H groups in total. The fourth-order valence-corrected chi connectivity index (χ4v) is 8.15. The van der Waals surface area contributed by atoms with E-state index in [4.69, 9.17) is 4.74 Å². The molecule has 53 heavy (non-hydrogen) atoms. The number of benzene rings is 2. The Hall–Kier alpha value is -4.16. The number of carbonyl (C=O) groups excluding carboxylic acids is 3. The number of rotatable bonds is 9.